The zero-order valence-corrected chi connectivity index (χ0v) is 21.4. The van der Waals surface area contributed by atoms with Crippen LogP contribution in [0.4, 0.5) is 0 Å². The molecule has 3 rings (SSSR count). The maximum absolute atomic E-state index is 12.4. The Balaban J connectivity index is 1.94. The van der Waals surface area contributed by atoms with E-state index in [2.05, 4.69) is 10.3 Å². The number of carbonyl (C=O) groups is 5. The van der Waals surface area contributed by atoms with E-state index < -0.39 is 59.6 Å². The fourth-order valence-corrected chi connectivity index (χ4v) is 5.12. The Kier molecular flexibility index (Phi) is 9.23. The monoisotopic (exact) mass is 540 g/mol. The SMILES string of the molecule is CC(=O)OC[C@@H]1O[C@@H](SC2=N/C(=C\c3cccs3)C(=O)N2)[C@@H](OC(C)=O)[C@@H](OC(C)=O)[C@@H]1OC(C)=O. The summed E-state index contributed by atoms with van der Waals surface area (Å²) in [7, 11) is 0. The number of aliphatic imine (C=N–C) groups is 1. The first-order valence-electron chi connectivity index (χ1n) is 10.7. The molecule has 0 aliphatic carbocycles. The van der Waals surface area contributed by atoms with Gasteiger partial charge in [-0.15, -0.1) is 11.3 Å². The van der Waals surface area contributed by atoms with Gasteiger partial charge >= 0.3 is 23.9 Å². The molecule has 12 nitrogen and oxygen atoms in total. The van der Waals surface area contributed by atoms with Gasteiger partial charge < -0.3 is 23.7 Å². The van der Waals surface area contributed by atoms with Gasteiger partial charge in [-0.05, 0) is 17.5 Å². The summed E-state index contributed by atoms with van der Waals surface area (Å²) in [5.41, 5.74) is -0.934. The van der Waals surface area contributed by atoms with Gasteiger partial charge in [-0.25, -0.2) is 4.99 Å². The predicted molar refractivity (Wildman–Crippen MR) is 127 cm³/mol. The molecular weight excluding hydrogens is 516 g/mol. The third-order valence-corrected chi connectivity index (χ3v) is 6.52. The van der Waals surface area contributed by atoms with Crippen molar-refractivity contribution >= 4 is 64.1 Å². The number of thioether (sulfide) groups is 1. The topological polar surface area (TPSA) is 156 Å². The Morgan fingerprint density at radius 2 is 1.67 bits per heavy atom. The fourth-order valence-electron chi connectivity index (χ4n) is 3.40. The standard InChI is InChI=1S/C22H24N2O10S2/c1-10(25)30-9-16-17(31-11(2)26)18(32-12(3)27)19(33-13(4)28)21(34-16)36-22-23-15(20(29)24-22)8-14-6-5-7-35-14/h5-8,16-19,21H,9H2,1-4H3,(H,23,24,29)/b15-8-/t16-,17+,18-,19-,21-/m0/s1. The molecule has 2 aliphatic rings. The van der Waals surface area contributed by atoms with Gasteiger partial charge in [0.2, 0.25) is 0 Å². The van der Waals surface area contributed by atoms with Crippen molar-refractivity contribution in [3.05, 3.63) is 28.1 Å². The summed E-state index contributed by atoms with van der Waals surface area (Å²) >= 11 is 2.33. The number of carbonyl (C=O) groups excluding carboxylic acids is 5. The first-order valence-corrected chi connectivity index (χ1v) is 12.4. The Morgan fingerprint density at radius 1 is 1.03 bits per heavy atom. The third kappa shape index (κ3) is 7.38. The molecular formula is C22H24N2O10S2. The number of amidine groups is 1. The molecule has 14 heteroatoms. The van der Waals surface area contributed by atoms with E-state index in [0.717, 1.165) is 37.4 Å². The Labute approximate surface area is 214 Å². The van der Waals surface area contributed by atoms with Crippen LogP contribution in [0.1, 0.15) is 32.6 Å². The molecule has 5 atom stereocenters. The van der Waals surface area contributed by atoms with Crippen LogP contribution in [0, 0.1) is 0 Å². The number of nitrogens with zero attached hydrogens (tertiary/aromatic N) is 1. The summed E-state index contributed by atoms with van der Waals surface area (Å²) in [6.45, 7) is 4.26. The van der Waals surface area contributed by atoms with Crippen LogP contribution in [-0.4, -0.2) is 71.4 Å². The van der Waals surface area contributed by atoms with Gasteiger partial charge in [-0.2, -0.15) is 0 Å². The first-order chi connectivity index (χ1) is 17.0. The summed E-state index contributed by atoms with van der Waals surface area (Å²) in [4.78, 5) is 64.6. The Hall–Kier alpha value is -3.23. The molecule has 1 fully saturated rings. The molecule has 36 heavy (non-hydrogen) atoms. The molecule has 1 N–H and O–H groups in total. The van der Waals surface area contributed by atoms with Gasteiger partial charge in [0.1, 0.15) is 18.4 Å². The van der Waals surface area contributed by atoms with Gasteiger partial charge in [-0.3, -0.25) is 29.3 Å². The third-order valence-electron chi connectivity index (χ3n) is 4.67. The van der Waals surface area contributed by atoms with Crippen LogP contribution in [0.3, 0.4) is 0 Å². The predicted octanol–water partition coefficient (Wildman–Crippen LogP) is 1.39. The van der Waals surface area contributed by atoms with Crippen LogP contribution in [0.15, 0.2) is 28.2 Å². The average Bonchev–Trinajstić information content (AvgIpc) is 3.40. The minimum atomic E-state index is -1.30. The fraction of sp³-hybridized carbons (Fsp3) is 0.455. The minimum absolute atomic E-state index is 0.142. The lowest BCUT2D eigenvalue weighted by Gasteiger charge is -2.44. The molecule has 1 saturated heterocycles. The molecule has 0 bridgehead atoms. The van der Waals surface area contributed by atoms with Crippen molar-refractivity contribution in [3.8, 4) is 0 Å². The van der Waals surface area contributed by atoms with Crippen LogP contribution in [-0.2, 0) is 47.7 Å². The summed E-state index contributed by atoms with van der Waals surface area (Å²) in [5, 5.41) is 4.61. The van der Waals surface area contributed by atoms with Crippen molar-refractivity contribution in [3.63, 3.8) is 0 Å². The van der Waals surface area contributed by atoms with Crippen molar-refractivity contribution in [1.82, 2.24) is 5.32 Å². The maximum Gasteiger partial charge on any atom is 0.303 e. The molecule has 3 heterocycles. The van der Waals surface area contributed by atoms with Gasteiger partial charge in [-0.1, -0.05) is 17.8 Å². The van der Waals surface area contributed by atoms with Crippen molar-refractivity contribution < 1.29 is 47.7 Å². The number of esters is 4. The number of ether oxygens (including phenoxy) is 5. The normalized spacial score (nSPS) is 26.6. The van der Waals surface area contributed by atoms with E-state index in [9.17, 15) is 24.0 Å². The summed E-state index contributed by atoms with van der Waals surface area (Å²) < 4.78 is 27.2. The maximum atomic E-state index is 12.4. The zero-order chi connectivity index (χ0) is 26.4. The highest BCUT2D eigenvalue weighted by Gasteiger charge is 2.53. The lowest BCUT2D eigenvalue weighted by atomic mass is 9.99. The molecule has 0 aromatic carbocycles. The molecule has 0 radical (unpaired) electrons. The van der Waals surface area contributed by atoms with Crippen LogP contribution in [0.5, 0.6) is 0 Å². The van der Waals surface area contributed by atoms with E-state index >= 15 is 0 Å². The lowest BCUT2D eigenvalue weighted by Crippen LogP contribution is -2.61. The summed E-state index contributed by atoms with van der Waals surface area (Å²) in [5.74, 6) is -3.25. The van der Waals surface area contributed by atoms with Crippen LogP contribution in [0.2, 0.25) is 0 Å². The molecule has 0 unspecified atom stereocenters. The van der Waals surface area contributed by atoms with Crippen LogP contribution >= 0.6 is 23.1 Å². The van der Waals surface area contributed by atoms with Crippen LogP contribution < -0.4 is 5.32 Å². The number of thiophene rings is 1. The largest absolute Gasteiger partial charge is 0.463 e. The van der Waals surface area contributed by atoms with E-state index in [1.165, 1.54) is 18.3 Å². The summed E-state index contributed by atoms with van der Waals surface area (Å²) in [6, 6.07) is 3.66. The Bertz CT molecular complexity index is 1080. The van der Waals surface area contributed by atoms with Crippen LogP contribution in [0.25, 0.3) is 6.08 Å². The second-order valence-electron chi connectivity index (χ2n) is 7.60. The summed E-state index contributed by atoms with van der Waals surface area (Å²) in [6.07, 6.45) is -3.31. The highest BCUT2D eigenvalue weighted by Crippen LogP contribution is 2.35. The second kappa shape index (κ2) is 12.1. The second-order valence-corrected chi connectivity index (χ2v) is 9.67. The van der Waals surface area contributed by atoms with Gasteiger partial charge in [0.15, 0.2) is 28.9 Å². The number of amides is 1. The molecule has 194 valence electrons. The smallest absolute Gasteiger partial charge is 0.303 e. The highest BCUT2D eigenvalue weighted by molar-refractivity contribution is 8.14. The molecule has 0 spiro atoms. The first kappa shape index (κ1) is 27.4. The van der Waals surface area contributed by atoms with Crippen molar-refractivity contribution in [2.24, 2.45) is 4.99 Å². The van der Waals surface area contributed by atoms with Gasteiger partial charge in [0, 0.05) is 32.6 Å². The molecule has 1 aromatic heterocycles. The van der Waals surface area contributed by atoms with Gasteiger partial charge in [0.05, 0.1) is 0 Å². The Morgan fingerprint density at radius 3 is 2.25 bits per heavy atom. The molecule has 2 aliphatic heterocycles. The number of hydrogen-bond acceptors (Lipinski definition) is 13. The number of nitrogens with one attached hydrogen (secondary N) is 1. The minimum Gasteiger partial charge on any atom is -0.463 e. The van der Waals surface area contributed by atoms with E-state index in [0.29, 0.717) is 0 Å². The highest BCUT2D eigenvalue weighted by atomic mass is 32.2. The van der Waals surface area contributed by atoms with Crippen molar-refractivity contribution in [1.29, 1.82) is 0 Å². The number of hydrogen-bond donors (Lipinski definition) is 1. The zero-order valence-electron chi connectivity index (χ0n) is 19.7. The van der Waals surface area contributed by atoms with E-state index in [-0.39, 0.29) is 17.5 Å². The van der Waals surface area contributed by atoms with Gasteiger partial charge in [0.25, 0.3) is 5.91 Å². The van der Waals surface area contributed by atoms with Crippen molar-refractivity contribution in [2.75, 3.05) is 6.61 Å². The molecule has 1 aromatic rings. The van der Waals surface area contributed by atoms with Crippen molar-refractivity contribution in [2.45, 2.75) is 57.5 Å². The number of rotatable bonds is 7. The quantitative estimate of drug-likeness (QED) is 0.303. The van der Waals surface area contributed by atoms with E-state index in [4.69, 9.17) is 23.7 Å². The molecule has 1 amide bonds. The average molecular weight is 541 g/mol. The van der Waals surface area contributed by atoms with E-state index in [1.807, 2.05) is 17.5 Å². The van der Waals surface area contributed by atoms with E-state index in [1.54, 1.807) is 6.08 Å². The lowest BCUT2D eigenvalue weighted by molar-refractivity contribution is -0.237. The molecule has 0 saturated carbocycles.